The normalized spacial score (nSPS) is 15.5. The van der Waals surface area contributed by atoms with Crippen LogP contribution in [0.2, 0.25) is 0 Å². The summed E-state index contributed by atoms with van der Waals surface area (Å²) in [6.45, 7) is 3.06. The molecule has 1 aromatic carbocycles. The van der Waals surface area contributed by atoms with Crippen LogP contribution in [0.25, 0.3) is 22.2 Å². The molecule has 21 heavy (non-hydrogen) atoms. The number of nitrogens with zero attached hydrogens (tertiary/aromatic N) is 3. The van der Waals surface area contributed by atoms with Crippen molar-refractivity contribution in [1.82, 2.24) is 9.97 Å². The van der Waals surface area contributed by atoms with Crippen LogP contribution in [0.3, 0.4) is 0 Å². The van der Waals surface area contributed by atoms with Crippen LogP contribution in [0.1, 0.15) is 0 Å². The molecule has 1 aliphatic heterocycles. The first kappa shape index (κ1) is 12.3. The molecule has 3 heterocycles. The zero-order valence-corrected chi connectivity index (χ0v) is 11.5. The standard InChI is InChI=1S/C16H15N3O2/c1-4-13(12-3-2-6-17-11-12)15-14(5-1)21-16(18-15)19-7-9-20-10-8-19/h1-6,11H,7-10H2. The van der Waals surface area contributed by atoms with Gasteiger partial charge in [-0.25, -0.2) is 0 Å². The van der Waals surface area contributed by atoms with Gasteiger partial charge in [-0.2, -0.15) is 4.98 Å². The molecule has 1 fully saturated rings. The second-order valence-corrected chi connectivity index (χ2v) is 4.99. The van der Waals surface area contributed by atoms with Gasteiger partial charge in [-0.3, -0.25) is 4.98 Å². The van der Waals surface area contributed by atoms with Crippen molar-refractivity contribution in [3.8, 4) is 11.1 Å². The van der Waals surface area contributed by atoms with E-state index < -0.39 is 0 Å². The number of fused-ring (bicyclic) bond motifs is 1. The molecule has 5 heteroatoms. The third kappa shape index (κ3) is 2.25. The Morgan fingerprint density at radius 3 is 2.76 bits per heavy atom. The smallest absolute Gasteiger partial charge is 0.298 e. The maximum atomic E-state index is 5.91. The third-order valence-electron chi connectivity index (χ3n) is 3.66. The highest BCUT2D eigenvalue weighted by Gasteiger charge is 2.18. The van der Waals surface area contributed by atoms with Crippen LogP contribution < -0.4 is 4.90 Å². The number of hydrogen-bond donors (Lipinski definition) is 0. The van der Waals surface area contributed by atoms with Crippen molar-refractivity contribution >= 4 is 17.1 Å². The van der Waals surface area contributed by atoms with E-state index in [0.29, 0.717) is 19.2 Å². The van der Waals surface area contributed by atoms with Crippen LogP contribution in [0, 0.1) is 0 Å². The molecule has 0 radical (unpaired) electrons. The van der Waals surface area contributed by atoms with Gasteiger partial charge in [-0.05, 0) is 12.1 Å². The Hall–Kier alpha value is -2.40. The molecule has 0 saturated carbocycles. The lowest BCUT2D eigenvalue weighted by Gasteiger charge is -2.24. The lowest BCUT2D eigenvalue weighted by Crippen LogP contribution is -2.36. The minimum atomic E-state index is 0.671. The van der Waals surface area contributed by atoms with Crippen LogP contribution in [0.4, 0.5) is 6.01 Å². The van der Waals surface area contributed by atoms with E-state index in [9.17, 15) is 0 Å². The van der Waals surface area contributed by atoms with Crippen molar-refractivity contribution in [2.75, 3.05) is 31.2 Å². The van der Waals surface area contributed by atoms with Gasteiger partial charge in [-0.1, -0.05) is 18.2 Å². The number of aromatic nitrogens is 2. The molecular weight excluding hydrogens is 266 g/mol. The Morgan fingerprint density at radius 1 is 1.05 bits per heavy atom. The fourth-order valence-electron chi connectivity index (χ4n) is 2.58. The lowest BCUT2D eigenvalue weighted by atomic mass is 10.1. The van der Waals surface area contributed by atoms with E-state index in [1.165, 1.54) is 0 Å². The van der Waals surface area contributed by atoms with Gasteiger partial charge >= 0.3 is 0 Å². The minimum Gasteiger partial charge on any atom is -0.423 e. The Balaban J connectivity index is 1.80. The molecule has 0 bridgehead atoms. The van der Waals surface area contributed by atoms with E-state index in [-0.39, 0.29) is 0 Å². The fraction of sp³-hybridized carbons (Fsp3) is 0.250. The number of benzene rings is 1. The Kier molecular flexibility index (Phi) is 3.05. The third-order valence-corrected chi connectivity index (χ3v) is 3.66. The number of anilines is 1. The Morgan fingerprint density at radius 2 is 1.95 bits per heavy atom. The first-order valence-corrected chi connectivity index (χ1v) is 7.04. The molecule has 1 aliphatic rings. The number of morpholine rings is 1. The van der Waals surface area contributed by atoms with Crippen LogP contribution in [0.5, 0.6) is 0 Å². The van der Waals surface area contributed by atoms with Gasteiger partial charge < -0.3 is 14.1 Å². The molecule has 0 N–H and O–H groups in total. The summed E-state index contributed by atoms with van der Waals surface area (Å²) in [6.07, 6.45) is 3.61. The van der Waals surface area contributed by atoms with Crippen molar-refractivity contribution in [2.45, 2.75) is 0 Å². The molecule has 2 aromatic heterocycles. The van der Waals surface area contributed by atoms with Gasteiger partial charge in [0.1, 0.15) is 5.52 Å². The van der Waals surface area contributed by atoms with Gasteiger partial charge in [0.15, 0.2) is 5.58 Å². The van der Waals surface area contributed by atoms with E-state index in [1.54, 1.807) is 6.20 Å². The summed E-state index contributed by atoms with van der Waals surface area (Å²) in [5, 5.41) is 0. The van der Waals surface area contributed by atoms with E-state index in [2.05, 4.69) is 14.9 Å². The predicted octanol–water partition coefficient (Wildman–Crippen LogP) is 2.73. The molecule has 4 rings (SSSR count). The fourth-order valence-corrected chi connectivity index (χ4v) is 2.58. The molecule has 3 aromatic rings. The van der Waals surface area contributed by atoms with Crippen LogP contribution in [0.15, 0.2) is 47.1 Å². The Bertz CT molecular complexity index is 749. The monoisotopic (exact) mass is 281 g/mol. The molecule has 1 saturated heterocycles. The van der Waals surface area contributed by atoms with E-state index in [0.717, 1.165) is 35.3 Å². The summed E-state index contributed by atoms with van der Waals surface area (Å²) in [7, 11) is 0. The molecule has 0 unspecified atom stereocenters. The SMILES string of the molecule is c1cncc(-c2cccc3oc(N4CCOCC4)nc23)c1. The molecule has 5 nitrogen and oxygen atoms in total. The number of oxazole rings is 1. The molecular formula is C16H15N3O2. The summed E-state index contributed by atoms with van der Waals surface area (Å²) in [5.74, 6) is 0. The predicted molar refractivity (Wildman–Crippen MR) is 80.3 cm³/mol. The summed E-state index contributed by atoms with van der Waals surface area (Å²) < 4.78 is 11.3. The molecule has 0 atom stereocenters. The van der Waals surface area contributed by atoms with Crippen molar-refractivity contribution in [2.24, 2.45) is 0 Å². The van der Waals surface area contributed by atoms with Gasteiger partial charge in [0.2, 0.25) is 0 Å². The van der Waals surface area contributed by atoms with Gasteiger partial charge in [-0.15, -0.1) is 0 Å². The summed E-state index contributed by atoms with van der Waals surface area (Å²) >= 11 is 0. The molecule has 106 valence electrons. The number of pyridine rings is 1. The lowest BCUT2D eigenvalue weighted by molar-refractivity contribution is 0.120. The zero-order chi connectivity index (χ0) is 14.1. The van der Waals surface area contributed by atoms with Crippen molar-refractivity contribution in [3.63, 3.8) is 0 Å². The highest BCUT2D eigenvalue weighted by molar-refractivity contribution is 5.91. The van der Waals surface area contributed by atoms with E-state index in [1.807, 2.05) is 36.5 Å². The highest BCUT2D eigenvalue weighted by Crippen LogP contribution is 2.30. The summed E-state index contributed by atoms with van der Waals surface area (Å²) in [6, 6.07) is 10.6. The van der Waals surface area contributed by atoms with Crippen LogP contribution in [-0.4, -0.2) is 36.3 Å². The minimum absolute atomic E-state index is 0.671. The second-order valence-electron chi connectivity index (χ2n) is 4.99. The first-order chi connectivity index (χ1) is 10.4. The van der Waals surface area contributed by atoms with Gasteiger partial charge in [0, 0.05) is 36.6 Å². The average molecular weight is 281 g/mol. The molecule has 0 amide bonds. The van der Waals surface area contributed by atoms with Crippen LogP contribution >= 0.6 is 0 Å². The maximum absolute atomic E-state index is 5.91. The topological polar surface area (TPSA) is 51.4 Å². The first-order valence-electron chi connectivity index (χ1n) is 7.04. The van der Waals surface area contributed by atoms with Crippen molar-refractivity contribution in [3.05, 3.63) is 42.7 Å². The van der Waals surface area contributed by atoms with Crippen molar-refractivity contribution < 1.29 is 9.15 Å². The summed E-state index contributed by atoms with van der Waals surface area (Å²) in [4.78, 5) is 11.0. The summed E-state index contributed by atoms with van der Waals surface area (Å²) in [5.41, 5.74) is 3.78. The number of para-hydroxylation sites is 1. The Labute approximate surface area is 122 Å². The van der Waals surface area contributed by atoms with E-state index >= 15 is 0 Å². The number of rotatable bonds is 2. The van der Waals surface area contributed by atoms with Crippen LogP contribution in [-0.2, 0) is 4.74 Å². The van der Waals surface area contributed by atoms with E-state index in [4.69, 9.17) is 9.15 Å². The second kappa shape index (κ2) is 5.18. The van der Waals surface area contributed by atoms with Gasteiger partial charge in [0.05, 0.1) is 13.2 Å². The quantitative estimate of drug-likeness (QED) is 0.723. The largest absolute Gasteiger partial charge is 0.423 e. The zero-order valence-electron chi connectivity index (χ0n) is 11.5. The average Bonchev–Trinajstić information content (AvgIpc) is 3.00. The highest BCUT2D eigenvalue weighted by atomic mass is 16.5. The maximum Gasteiger partial charge on any atom is 0.298 e. The van der Waals surface area contributed by atoms with Crippen molar-refractivity contribution in [1.29, 1.82) is 0 Å². The molecule has 0 aliphatic carbocycles. The number of hydrogen-bond acceptors (Lipinski definition) is 5. The van der Waals surface area contributed by atoms with Gasteiger partial charge in [0.25, 0.3) is 6.01 Å². The molecule has 0 spiro atoms. The number of ether oxygens (including phenoxy) is 1.